The van der Waals surface area contributed by atoms with Gasteiger partial charge in [-0.3, -0.25) is 0 Å². The molecule has 0 bridgehead atoms. The number of rotatable bonds is 6. The van der Waals surface area contributed by atoms with Crippen LogP contribution < -0.4 is 24.8 Å². The number of hydrogen-bond donors (Lipinski definition) is 0. The van der Waals surface area contributed by atoms with E-state index < -0.39 is 23.2 Å². The summed E-state index contributed by atoms with van der Waals surface area (Å²) in [6.45, 7) is 9.34. The van der Waals surface area contributed by atoms with Crippen LogP contribution in [0.4, 0.5) is 0 Å². The van der Waals surface area contributed by atoms with Gasteiger partial charge in [-0.2, -0.15) is 0 Å². The SMILES string of the molecule is CCCC1=CCC(C)=[C]1[Zr+2][C]1=C(C)CC=C1CCC.[Cl-].[Cl-]. The van der Waals surface area contributed by atoms with Crippen LogP contribution in [-0.4, -0.2) is 0 Å². The van der Waals surface area contributed by atoms with E-state index in [4.69, 9.17) is 0 Å². The minimum Gasteiger partial charge on any atom is -1.00 e. The maximum atomic E-state index is 2.50. The molecule has 0 aliphatic heterocycles. The molecule has 2 aliphatic rings. The van der Waals surface area contributed by atoms with E-state index in [-0.39, 0.29) is 24.8 Å². The molecule has 0 aromatic carbocycles. The van der Waals surface area contributed by atoms with Crippen LogP contribution in [0.15, 0.2) is 41.0 Å². The number of halogens is 2. The Labute approximate surface area is 154 Å². The molecule has 0 aromatic rings. The molecule has 0 atom stereocenters. The van der Waals surface area contributed by atoms with Gasteiger partial charge in [0.2, 0.25) is 0 Å². The van der Waals surface area contributed by atoms with E-state index in [0.717, 1.165) is 0 Å². The van der Waals surface area contributed by atoms with Gasteiger partial charge in [-0.25, -0.2) is 0 Å². The van der Waals surface area contributed by atoms with Crippen molar-refractivity contribution in [3.05, 3.63) is 41.0 Å². The molecule has 0 nitrogen and oxygen atoms in total. The van der Waals surface area contributed by atoms with Crippen molar-refractivity contribution >= 4 is 0 Å². The van der Waals surface area contributed by atoms with Crippen LogP contribution in [0.3, 0.4) is 0 Å². The average molecular weight is 405 g/mol. The average Bonchev–Trinajstić information content (AvgIpc) is 2.90. The summed E-state index contributed by atoms with van der Waals surface area (Å²) >= 11 is -0.565. The molecule has 0 saturated heterocycles. The third-order valence-electron chi connectivity index (χ3n) is 4.09. The third-order valence-corrected chi connectivity index (χ3v) is 9.00. The Morgan fingerprint density at radius 1 is 0.810 bits per heavy atom. The first kappa shape index (κ1) is 21.4. The Kier molecular flexibility index (Phi) is 10.5. The summed E-state index contributed by atoms with van der Waals surface area (Å²) in [6, 6.07) is 0. The predicted octanol–water partition coefficient (Wildman–Crippen LogP) is -0.115. The van der Waals surface area contributed by atoms with Crippen LogP contribution in [0, 0.1) is 0 Å². The van der Waals surface area contributed by atoms with E-state index in [9.17, 15) is 0 Å². The molecule has 0 amide bonds. The van der Waals surface area contributed by atoms with Gasteiger partial charge in [-0.05, 0) is 0 Å². The second-order valence-corrected chi connectivity index (χ2v) is 8.88. The molecular formula is C18H26Cl2Zr. The Morgan fingerprint density at radius 2 is 1.19 bits per heavy atom. The summed E-state index contributed by atoms with van der Waals surface area (Å²) < 4.78 is 3.65. The molecule has 0 spiro atoms. The normalized spacial score (nSPS) is 17.1. The fraction of sp³-hybridized carbons (Fsp3) is 0.556. The van der Waals surface area contributed by atoms with E-state index in [2.05, 4.69) is 39.8 Å². The zero-order valence-electron chi connectivity index (χ0n) is 13.7. The van der Waals surface area contributed by atoms with Crippen molar-refractivity contribution in [2.24, 2.45) is 0 Å². The van der Waals surface area contributed by atoms with E-state index >= 15 is 0 Å². The van der Waals surface area contributed by atoms with E-state index in [1.807, 2.05) is 6.56 Å². The smallest absolute Gasteiger partial charge is 1.00 e. The first-order chi connectivity index (χ1) is 9.17. The minimum absolute atomic E-state index is 0. The van der Waals surface area contributed by atoms with Gasteiger partial charge in [0.1, 0.15) is 0 Å². The van der Waals surface area contributed by atoms with Crippen LogP contribution in [0.2, 0.25) is 0 Å². The number of allylic oxidation sites excluding steroid dienone is 8. The second-order valence-electron chi connectivity index (χ2n) is 5.80. The van der Waals surface area contributed by atoms with Crippen molar-refractivity contribution in [3.8, 4) is 0 Å². The van der Waals surface area contributed by atoms with Gasteiger partial charge < -0.3 is 24.8 Å². The molecule has 2 aliphatic carbocycles. The van der Waals surface area contributed by atoms with Gasteiger partial charge in [0.25, 0.3) is 0 Å². The maximum Gasteiger partial charge on any atom is -1.00 e. The molecule has 0 saturated carbocycles. The zero-order chi connectivity index (χ0) is 13.8. The fourth-order valence-electron chi connectivity index (χ4n) is 3.00. The molecule has 0 fully saturated rings. The van der Waals surface area contributed by atoms with E-state index in [0.29, 0.717) is 0 Å². The predicted molar refractivity (Wildman–Crippen MR) is 80.6 cm³/mol. The molecule has 116 valence electrons. The summed E-state index contributed by atoms with van der Waals surface area (Å²) in [5.41, 5.74) is 6.76. The summed E-state index contributed by atoms with van der Waals surface area (Å²) in [5.74, 6) is 0. The summed E-state index contributed by atoms with van der Waals surface area (Å²) in [4.78, 5) is 0. The van der Waals surface area contributed by atoms with Crippen LogP contribution in [0.1, 0.15) is 66.2 Å². The standard InChI is InChI=1S/2C9H13.2ClH.Zr/c2*1-3-4-9-6-5-8(2)7-9;;;/h2*6H,3-5H2,1-2H3;2*1H;/q;;;;+2/p-2. The summed E-state index contributed by atoms with van der Waals surface area (Å²) in [6.07, 6.45) is 12.6. The van der Waals surface area contributed by atoms with Gasteiger partial charge in [0.15, 0.2) is 0 Å². The second kappa shape index (κ2) is 10.2. The molecular weight excluding hydrogens is 378 g/mol. The van der Waals surface area contributed by atoms with Crippen molar-refractivity contribution < 1.29 is 48.0 Å². The van der Waals surface area contributed by atoms with Gasteiger partial charge in [0, 0.05) is 0 Å². The Balaban J connectivity index is 0.00000200. The van der Waals surface area contributed by atoms with Gasteiger partial charge in [-0.15, -0.1) is 0 Å². The van der Waals surface area contributed by atoms with Crippen molar-refractivity contribution in [2.75, 3.05) is 0 Å². The van der Waals surface area contributed by atoms with Gasteiger partial charge >= 0.3 is 130 Å². The zero-order valence-corrected chi connectivity index (χ0v) is 17.6. The number of hydrogen-bond acceptors (Lipinski definition) is 0. The van der Waals surface area contributed by atoms with Crippen molar-refractivity contribution in [1.82, 2.24) is 0 Å². The van der Waals surface area contributed by atoms with E-state index in [1.165, 1.54) is 38.5 Å². The summed E-state index contributed by atoms with van der Waals surface area (Å²) in [5, 5.41) is 0. The molecule has 0 unspecified atom stereocenters. The molecule has 0 aromatic heterocycles. The summed E-state index contributed by atoms with van der Waals surface area (Å²) in [7, 11) is 0. The Hall–Kier alpha value is 0.423. The first-order valence-electron chi connectivity index (χ1n) is 7.72. The molecule has 0 heterocycles. The Morgan fingerprint density at radius 3 is 1.52 bits per heavy atom. The van der Waals surface area contributed by atoms with Crippen molar-refractivity contribution in [1.29, 1.82) is 0 Å². The minimum atomic E-state index is -0.565. The van der Waals surface area contributed by atoms with Gasteiger partial charge in [-0.1, -0.05) is 0 Å². The third kappa shape index (κ3) is 5.23. The van der Waals surface area contributed by atoms with E-state index in [1.54, 1.807) is 22.3 Å². The van der Waals surface area contributed by atoms with Crippen LogP contribution in [0.25, 0.3) is 0 Å². The first-order valence-corrected chi connectivity index (χ1v) is 10.2. The van der Waals surface area contributed by atoms with Gasteiger partial charge in [0.05, 0.1) is 0 Å². The molecule has 3 heteroatoms. The molecule has 2 rings (SSSR count). The topological polar surface area (TPSA) is 0 Å². The monoisotopic (exact) mass is 402 g/mol. The molecule has 0 radical (unpaired) electrons. The largest absolute Gasteiger partial charge is 1.00 e. The van der Waals surface area contributed by atoms with Crippen LogP contribution >= 0.6 is 0 Å². The Bertz CT molecular complexity index is 437. The van der Waals surface area contributed by atoms with Crippen molar-refractivity contribution in [2.45, 2.75) is 66.2 Å². The van der Waals surface area contributed by atoms with Crippen molar-refractivity contribution in [3.63, 3.8) is 0 Å². The molecule has 21 heavy (non-hydrogen) atoms. The molecule has 0 N–H and O–H groups in total. The quantitative estimate of drug-likeness (QED) is 0.580. The van der Waals surface area contributed by atoms with Crippen LogP contribution in [-0.2, 0) is 23.2 Å². The fourth-order valence-corrected chi connectivity index (χ4v) is 7.07. The maximum absolute atomic E-state index is 2.50. The van der Waals surface area contributed by atoms with Crippen LogP contribution in [0.5, 0.6) is 0 Å².